The fourth-order valence-corrected chi connectivity index (χ4v) is 2.17. The van der Waals surface area contributed by atoms with Crippen LogP contribution < -0.4 is 10.1 Å². The van der Waals surface area contributed by atoms with Crippen LogP contribution >= 0.6 is 0 Å². The van der Waals surface area contributed by atoms with E-state index in [0.717, 1.165) is 5.82 Å². The fraction of sp³-hybridized carbons (Fsp3) is 0.176. The molecule has 1 aromatic carbocycles. The number of benzene rings is 1. The highest BCUT2D eigenvalue weighted by molar-refractivity contribution is 5.93. The first kappa shape index (κ1) is 16.6. The van der Waals surface area contributed by atoms with Crippen LogP contribution in [0.1, 0.15) is 12.7 Å². The highest BCUT2D eigenvalue weighted by Crippen LogP contribution is 2.15. The summed E-state index contributed by atoms with van der Waals surface area (Å²) in [6.07, 6.45) is 4.01. The zero-order valence-corrected chi connectivity index (χ0v) is 13.7. The molecule has 0 aliphatic heterocycles. The molecule has 1 atom stereocenters. The van der Waals surface area contributed by atoms with Crippen molar-refractivity contribution in [3.63, 3.8) is 0 Å². The van der Waals surface area contributed by atoms with Crippen LogP contribution in [-0.2, 0) is 4.79 Å². The first-order valence-corrected chi connectivity index (χ1v) is 7.58. The second kappa shape index (κ2) is 7.08. The van der Waals surface area contributed by atoms with E-state index in [0.29, 0.717) is 17.4 Å². The third-order valence-corrected chi connectivity index (χ3v) is 3.47. The predicted molar refractivity (Wildman–Crippen MR) is 89.0 cm³/mol. The minimum Gasteiger partial charge on any atom is -0.481 e. The number of hydrogen-bond acceptors (Lipinski definition) is 5. The van der Waals surface area contributed by atoms with Crippen LogP contribution in [-0.4, -0.2) is 31.5 Å². The number of amides is 1. The quantitative estimate of drug-likeness (QED) is 0.771. The second-order valence-corrected chi connectivity index (χ2v) is 5.31. The molecule has 0 fully saturated rings. The van der Waals surface area contributed by atoms with Gasteiger partial charge in [0.05, 0.1) is 0 Å². The van der Waals surface area contributed by atoms with Crippen LogP contribution in [0.5, 0.6) is 5.75 Å². The molecule has 0 aliphatic rings. The van der Waals surface area contributed by atoms with Crippen LogP contribution in [0.2, 0.25) is 0 Å². The van der Waals surface area contributed by atoms with Crippen LogP contribution in [0.3, 0.4) is 0 Å². The molecule has 7 nitrogen and oxygen atoms in total. The maximum absolute atomic E-state index is 12.9. The first-order valence-electron chi connectivity index (χ1n) is 7.58. The van der Waals surface area contributed by atoms with Crippen molar-refractivity contribution in [3.05, 3.63) is 60.7 Å². The molecule has 25 heavy (non-hydrogen) atoms. The molecule has 0 saturated heterocycles. The number of anilines is 1. The lowest BCUT2D eigenvalue weighted by molar-refractivity contribution is -0.122. The van der Waals surface area contributed by atoms with Crippen molar-refractivity contribution < 1.29 is 13.9 Å². The predicted octanol–water partition coefficient (Wildman–Crippen LogP) is 2.52. The number of halogens is 1. The Bertz CT molecular complexity index is 879. The van der Waals surface area contributed by atoms with Crippen molar-refractivity contribution >= 4 is 11.7 Å². The van der Waals surface area contributed by atoms with Crippen molar-refractivity contribution in [2.24, 2.45) is 0 Å². The highest BCUT2D eigenvalue weighted by Gasteiger charge is 2.16. The Morgan fingerprint density at radius 1 is 1.24 bits per heavy atom. The molecule has 1 N–H and O–H groups in total. The number of hydrogen-bond donors (Lipinski definition) is 1. The van der Waals surface area contributed by atoms with Crippen LogP contribution in [0.25, 0.3) is 5.82 Å². The van der Waals surface area contributed by atoms with Gasteiger partial charge in [0, 0.05) is 18.5 Å². The minimum atomic E-state index is -0.779. The molecule has 0 spiro atoms. The van der Waals surface area contributed by atoms with E-state index in [1.807, 2.05) is 6.92 Å². The molecule has 3 rings (SSSR count). The Hall–Kier alpha value is -3.29. The van der Waals surface area contributed by atoms with Gasteiger partial charge >= 0.3 is 0 Å². The summed E-state index contributed by atoms with van der Waals surface area (Å²) in [6.45, 7) is 3.44. The summed E-state index contributed by atoms with van der Waals surface area (Å²) in [5, 5.41) is 2.67. The molecule has 128 valence electrons. The first-order chi connectivity index (χ1) is 12.0. The number of aromatic nitrogens is 4. The molecule has 8 heteroatoms. The van der Waals surface area contributed by atoms with Gasteiger partial charge in [-0.1, -0.05) is 0 Å². The molecule has 0 bridgehead atoms. The lowest BCUT2D eigenvalue weighted by atomic mass is 10.3. The number of nitrogens with one attached hydrogen (secondary N) is 1. The molecule has 2 heterocycles. The Labute approximate surface area is 143 Å². The van der Waals surface area contributed by atoms with Gasteiger partial charge in [-0.2, -0.15) is 0 Å². The highest BCUT2D eigenvalue weighted by atomic mass is 19.1. The van der Waals surface area contributed by atoms with Gasteiger partial charge in [0.15, 0.2) is 6.10 Å². The molecule has 0 saturated carbocycles. The fourth-order valence-electron chi connectivity index (χ4n) is 2.17. The van der Waals surface area contributed by atoms with E-state index in [1.165, 1.54) is 30.6 Å². The third-order valence-electron chi connectivity index (χ3n) is 3.47. The van der Waals surface area contributed by atoms with E-state index in [9.17, 15) is 9.18 Å². The van der Waals surface area contributed by atoms with Gasteiger partial charge in [-0.05, 0) is 38.1 Å². The SMILES string of the molecule is Cc1nccn1-c1cc(NC(=O)C(C)Oc2ccc(F)cc2)ncn1. The zero-order chi connectivity index (χ0) is 17.8. The van der Waals surface area contributed by atoms with Crippen LogP contribution in [0.4, 0.5) is 10.2 Å². The largest absolute Gasteiger partial charge is 0.481 e. The number of aryl methyl sites for hydroxylation is 1. The molecule has 3 aromatic rings. The molecule has 0 aliphatic carbocycles. The average molecular weight is 341 g/mol. The minimum absolute atomic E-state index is 0.345. The summed E-state index contributed by atoms with van der Waals surface area (Å²) < 4.78 is 20.2. The number of rotatable bonds is 5. The molecule has 2 aromatic heterocycles. The number of nitrogens with zero attached hydrogens (tertiary/aromatic N) is 4. The molecule has 0 radical (unpaired) electrons. The van der Waals surface area contributed by atoms with E-state index in [-0.39, 0.29) is 11.7 Å². The zero-order valence-electron chi connectivity index (χ0n) is 13.7. The number of carbonyl (C=O) groups is 1. The summed E-state index contributed by atoms with van der Waals surface area (Å²) in [5.41, 5.74) is 0. The number of imidazole rings is 1. The van der Waals surface area contributed by atoms with Crippen molar-refractivity contribution in [2.75, 3.05) is 5.32 Å². The summed E-state index contributed by atoms with van der Waals surface area (Å²) in [7, 11) is 0. The lowest BCUT2D eigenvalue weighted by Crippen LogP contribution is -2.30. The standard InChI is InChI=1S/C17H16FN5O2/c1-11(25-14-5-3-13(18)4-6-14)17(24)22-15-9-16(21-10-20-15)23-8-7-19-12(23)2/h3-11H,1-2H3,(H,20,21,22,24). The number of ether oxygens (including phenoxy) is 1. The average Bonchev–Trinajstić information content (AvgIpc) is 3.03. The van der Waals surface area contributed by atoms with Gasteiger partial charge in [-0.25, -0.2) is 19.3 Å². The van der Waals surface area contributed by atoms with Gasteiger partial charge < -0.3 is 10.1 Å². The summed E-state index contributed by atoms with van der Waals surface area (Å²) in [6, 6.07) is 7.10. The van der Waals surface area contributed by atoms with E-state index in [1.54, 1.807) is 30.0 Å². The van der Waals surface area contributed by atoms with Crippen LogP contribution in [0, 0.1) is 12.7 Å². The Balaban J connectivity index is 1.68. The molecular formula is C17H16FN5O2. The third kappa shape index (κ3) is 3.97. The molecule has 1 unspecified atom stereocenters. The van der Waals surface area contributed by atoms with E-state index in [4.69, 9.17) is 4.74 Å². The van der Waals surface area contributed by atoms with Crippen molar-refractivity contribution in [1.82, 2.24) is 19.5 Å². The monoisotopic (exact) mass is 341 g/mol. The second-order valence-electron chi connectivity index (χ2n) is 5.31. The lowest BCUT2D eigenvalue weighted by Gasteiger charge is -2.14. The summed E-state index contributed by atoms with van der Waals surface area (Å²) in [5.74, 6) is 1.36. The Morgan fingerprint density at radius 3 is 2.68 bits per heavy atom. The van der Waals surface area contributed by atoms with Gasteiger partial charge in [0.1, 0.15) is 35.4 Å². The van der Waals surface area contributed by atoms with Crippen molar-refractivity contribution in [1.29, 1.82) is 0 Å². The van der Waals surface area contributed by atoms with Crippen LogP contribution in [0.15, 0.2) is 49.1 Å². The van der Waals surface area contributed by atoms with Crippen molar-refractivity contribution in [2.45, 2.75) is 20.0 Å². The summed E-state index contributed by atoms with van der Waals surface area (Å²) >= 11 is 0. The summed E-state index contributed by atoms with van der Waals surface area (Å²) in [4.78, 5) is 24.6. The topological polar surface area (TPSA) is 81.9 Å². The maximum atomic E-state index is 12.9. The van der Waals surface area contributed by atoms with E-state index >= 15 is 0 Å². The van der Waals surface area contributed by atoms with Gasteiger partial charge in [0.25, 0.3) is 5.91 Å². The van der Waals surface area contributed by atoms with E-state index < -0.39 is 6.10 Å². The molecular weight excluding hydrogens is 325 g/mol. The number of carbonyl (C=O) groups excluding carboxylic acids is 1. The van der Waals surface area contributed by atoms with Gasteiger partial charge in [-0.15, -0.1) is 0 Å². The van der Waals surface area contributed by atoms with Gasteiger partial charge in [-0.3, -0.25) is 9.36 Å². The maximum Gasteiger partial charge on any atom is 0.266 e. The molecule has 1 amide bonds. The van der Waals surface area contributed by atoms with E-state index in [2.05, 4.69) is 20.3 Å². The van der Waals surface area contributed by atoms with Crippen molar-refractivity contribution in [3.8, 4) is 11.6 Å². The van der Waals surface area contributed by atoms with Gasteiger partial charge in [0.2, 0.25) is 0 Å². The normalized spacial score (nSPS) is 11.8. The Morgan fingerprint density at radius 2 is 2.00 bits per heavy atom. The smallest absolute Gasteiger partial charge is 0.266 e. The Kier molecular flexibility index (Phi) is 4.69.